The predicted octanol–water partition coefficient (Wildman–Crippen LogP) is 6.65. The van der Waals surface area contributed by atoms with Crippen molar-refractivity contribution in [3.63, 3.8) is 0 Å². The van der Waals surface area contributed by atoms with Gasteiger partial charge in [-0.25, -0.2) is 0 Å². The lowest BCUT2D eigenvalue weighted by molar-refractivity contribution is -0.144. The van der Waals surface area contributed by atoms with Crippen molar-refractivity contribution in [2.45, 2.75) is 53.0 Å². The number of carbonyl (C=O) groups excluding carboxylic acids is 2. The molecule has 0 aromatic heterocycles. The molecular weight excluding hydrogens is 502 g/mol. The lowest BCUT2D eigenvalue weighted by atomic mass is 9.71. The molecule has 0 fully saturated rings. The van der Waals surface area contributed by atoms with E-state index in [9.17, 15) is 9.59 Å². The minimum Gasteiger partial charge on any atom is -0.464 e. The molecule has 7 nitrogen and oxygen atoms in total. The molecule has 1 aliphatic heterocycles. The van der Waals surface area contributed by atoms with Gasteiger partial charge in [0, 0.05) is 66.3 Å². The predicted molar refractivity (Wildman–Crippen MR) is 161 cm³/mol. The Morgan fingerprint density at radius 3 is 2.02 bits per heavy atom. The molecule has 0 radical (unpaired) electrons. The maximum atomic E-state index is 12.5. The van der Waals surface area contributed by atoms with E-state index in [-0.39, 0.29) is 12.6 Å². The lowest BCUT2D eigenvalue weighted by Crippen LogP contribution is -2.49. The van der Waals surface area contributed by atoms with Crippen molar-refractivity contribution >= 4 is 23.6 Å². The Labute approximate surface area is 237 Å². The number of ether oxygens (including phenoxy) is 2. The Morgan fingerprint density at radius 2 is 1.50 bits per heavy atom. The molecule has 3 aromatic rings. The molecule has 0 bridgehead atoms. The molecule has 0 unspecified atom stereocenters. The van der Waals surface area contributed by atoms with Gasteiger partial charge in [-0.1, -0.05) is 31.2 Å². The van der Waals surface area contributed by atoms with Gasteiger partial charge in [0.15, 0.2) is 0 Å². The average molecular weight is 544 g/mol. The molecule has 0 aliphatic carbocycles. The number of hydrogen-bond donors (Lipinski definition) is 2. The van der Waals surface area contributed by atoms with Gasteiger partial charge in [0.05, 0.1) is 0 Å². The van der Waals surface area contributed by atoms with E-state index >= 15 is 0 Å². The topological polar surface area (TPSA) is 79.9 Å². The smallest absolute Gasteiger partial charge is 0.305 e. The Kier molecular flexibility index (Phi) is 9.15. The highest BCUT2D eigenvalue weighted by molar-refractivity contribution is 5.81. The third kappa shape index (κ3) is 5.30. The maximum absolute atomic E-state index is 12.5. The first-order chi connectivity index (χ1) is 19.3. The highest BCUT2D eigenvalue weighted by atomic mass is 16.5. The normalized spacial score (nSPS) is 13.2. The number of nitrogens with zero attached hydrogens (tertiary/aromatic N) is 1. The van der Waals surface area contributed by atoms with Crippen molar-refractivity contribution in [2.24, 2.45) is 0 Å². The number of aryl methyl sites for hydroxylation is 2. The van der Waals surface area contributed by atoms with Crippen LogP contribution in [0.15, 0.2) is 48.5 Å². The number of rotatable bonds is 12. The quantitative estimate of drug-likeness (QED) is 0.195. The van der Waals surface area contributed by atoms with Gasteiger partial charge < -0.3 is 20.1 Å². The van der Waals surface area contributed by atoms with Crippen LogP contribution in [0.1, 0.15) is 71.8 Å². The van der Waals surface area contributed by atoms with Crippen molar-refractivity contribution in [3.8, 4) is 11.5 Å². The van der Waals surface area contributed by atoms with Crippen LogP contribution < -0.4 is 15.4 Å². The molecule has 40 heavy (non-hydrogen) atoms. The summed E-state index contributed by atoms with van der Waals surface area (Å²) in [6, 6.07) is 16.1. The fourth-order valence-electron chi connectivity index (χ4n) is 5.71. The summed E-state index contributed by atoms with van der Waals surface area (Å²) in [5.41, 5.74) is 6.58. The number of aldehydes is 1. The fourth-order valence-corrected chi connectivity index (χ4v) is 5.71. The van der Waals surface area contributed by atoms with Gasteiger partial charge in [0.25, 0.3) is 0 Å². The number of fused-ring (bicyclic) bond motifs is 2. The second kappa shape index (κ2) is 12.6. The van der Waals surface area contributed by atoms with Crippen LogP contribution in [0, 0.1) is 13.8 Å². The third-order valence-corrected chi connectivity index (χ3v) is 7.58. The molecule has 212 valence electrons. The standard InChI is InChI=1S/C33H41N3O4/c1-7-12-32(38)39-16-15-36(6)33(25-14-11-10-13-24(25)21-37)26-17-22(4)28(34-8-2)19-30(26)40-31-20-29(35-9-3)23(5)18-27(31)33/h10-11,13-14,17-21,34-35H,7-9,12,15-16H2,1-6H3. The van der Waals surface area contributed by atoms with E-state index in [0.717, 1.165) is 76.5 Å². The molecule has 0 spiro atoms. The van der Waals surface area contributed by atoms with Gasteiger partial charge >= 0.3 is 5.97 Å². The molecule has 1 aliphatic rings. The SMILES string of the molecule is CCCC(=O)OCCN(C)C1(c2ccccc2C=O)c2cc(C)c(NCC)cc2Oc2cc(NCC)c(C)cc21. The summed E-state index contributed by atoms with van der Waals surface area (Å²) in [5.74, 6) is 1.23. The molecule has 1 heterocycles. The Hall–Kier alpha value is -3.84. The van der Waals surface area contributed by atoms with Crippen LogP contribution in [-0.2, 0) is 15.1 Å². The summed E-state index contributed by atoms with van der Waals surface area (Å²) in [4.78, 5) is 26.9. The summed E-state index contributed by atoms with van der Waals surface area (Å²) in [6.45, 7) is 12.5. The molecule has 2 N–H and O–H groups in total. The van der Waals surface area contributed by atoms with Gasteiger partial charge in [-0.15, -0.1) is 0 Å². The van der Waals surface area contributed by atoms with Gasteiger partial charge in [0.1, 0.15) is 29.9 Å². The Morgan fingerprint density at radius 1 is 0.925 bits per heavy atom. The lowest BCUT2D eigenvalue weighted by Gasteiger charge is -2.47. The molecule has 4 rings (SSSR count). The number of hydrogen-bond acceptors (Lipinski definition) is 7. The first kappa shape index (κ1) is 29.2. The van der Waals surface area contributed by atoms with Gasteiger partial charge in [0.2, 0.25) is 0 Å². The number of benzene rings is 3. The number of nitrogens with one attached hydrogen (secondary N) is 2. The zero-order valence-electron chi connectivity index (χ0n) is 24.5. The molecule has 0 saturated heterocycles. The minimum atomic E-state index is -0.886. The highest BCUT2D eigenvalue weighted by Gasteiger charge is 2.48. The number of anilines is 2. The zero-order valence-corrected chi connectivity index (χ0v) is 24.5. The van der Waals surface area contributed by atoms with E-state index in [1.807, 2.05) is 38.2 Å². The number of likely N-dealkylation sites (N-methyl/N-ethyl adjacent to an activating group) is 1. The van der Waals surface area contributed by atoms with Crippen molar-refractivity contribution in [2.75, 3.05) is 43.9 Å². The van der Waals surface area contributed by atoms with E-state index in [2.05, 4.69) is 67.5 Å². The van der Waals surface area contributed by atoms with E-state index in [0.29, 0.717) is 18.5 Å². The largest absolute Gasteiger partial charge is 0.464 e. The fraction of sp³-hybridized carbons (Fsp3) is 0.394. The summed E-state index contributed by atoms with van der Waals surface area (Å²) < 4.78 is 12.3. The Bertz CT molecular complexity index is 1320. The van der Waals surface area contributed by atoms with Crippen molar-refractivity contribution in [1.82, 2.24) is 4.90 Å². The summed E-state index contributed by atoms with van der Waals surface area (Å²) in [6.07, 6.45) is 2.05. The van der Waals surface area contributed by atoms with Gasteiger partial charge in [-0.2, -0.15) is 0 Å². The average Bonchev–Trinajstić information content (AvgIpc) is 2.94. The van der Waals surface area contributed by atoms with E-state index in [1.165, 1.54) is 0 Å². The second-order valence-corrected chi connectivity index (χ2v) is 10.3. The molecule has 7 heteroatoms. The van der Waals surface area contributed by atoms with Crippen molar-refractivity contribution in [3.05, 3.63) is 81.9 Å². The number of esters is 1. The molecule has 0 amide bonds. The van der Waals surface area contributed by atoms with Crippen LogP contribution in [0.2, 0.25) is 0 Å². The van der Waals surface area contributed by atoms with E-state index in [4.69, 9.17) is 9.47 Å². The maximum Gasteiger partial charge on any atom is 0.305 e. The van der Waals surface area contributed by atoms with Gasteiger partial charge in [-0.3, -0.25) is 14.5 Å². The Balaban J connectivity index is 2.03. The molecular formula is C33H41N3O4. The third-order valence-electron chi connectivity index (χ3n) is 7.58. The van der Waals surface area contributed by atoms with E-state index in [1.54, 1.807) is 0 Å². The second-order valence-electron chi connectivity index (χ2n) is 10.3. The summed E-state index contributed by atoms with van der Waals surface area (Å²) in [7, 11) is 2.02. The van der Waals surface area contributed by atoms with Gasteiger partial charge in [-0.05, 0) is 70.0 Å². The van der Waals surface area contributed by atoms with Crippen molar-refractivity contribution < 1.29 is 19.1 Å². The highest BCUT2D eigenvalue weighted by Crippen LogP contribution is 2.55. The minimum absolute atomic E-state index is 0.205. The summed E-state index contributed by atoms with van der Waals surface area (Å²) in [5, 5.41) is 6.90. The van der Waals surface area contributed by atoms with Crippen LogP contribution in [-0.4, -0.2) is 50.4 Å². The zero-order chi connectivity index (χ0) is 28.9. The van der Waals surface area contributed by atoms with E-state index < -0.39 is 5.54 Å². The van der Waals surface area contributed by atoms with Crippen LogP contribution in [0.3, 0.4) is 0 Å². The van der Waals surface area contributed by atoms with Crippen molar-refractivity contribution in [1.29, 1.82) is 0 Å². The first-order valence-corrected chi connectivity index (χ1v) is 14.2. The monoisotopic (exact) mass is 543 g/mol. The van der Waals surface area contributed by atoms with Crippen LogP contribution in [0.25, 0.3) is 0 Å². The molecule has 0 atom stereocenters. The van der Waals surface area contributed by atoms with Crippen LogP contribution in [0.5, 0.6) is 11.5 Å². The number of carbonyl (C=O) groups is 2. The first-order valence-electron chi connectivity index (χ1n) is 14.2. The molecule has 0 saturated carbocycles. The van der Waals surface area contributed by atoms with Crippen LogP contribution in [0.4, 0.5) is 11.4 Å². The summed E-state index contributed by atoms with van der Waals surface area (Å²) >= 11 is 0. The van der Waals surface area contributed by atoms with Crippen LogP contribution >= 0.6 is 0 Å². The molecule has 3 aromatic carbocycles.